The number of para-hydroxylation sites is 1. The zero-order valence-electron chi connectivity index (χ0n) is 24.5. The average molecular weight is 552 g/mol. The number of amides is 1. The summed E-state index contributed by atoms with van der Waals surface area (Å²) >= 11 is 0. The lowest BCUT2D eigenvalue weighted by Crippen LogP contribution is -2.37. The number of ketones is 1. The third-order valence-corrected chi connectivity index (χ3v) is 8.09. The van der Waals surface area contributed by atoms with Crippen molar-refractivity contribution >= 4 is 23.1 Å². The molecule has 1 aliphatic heterocycles. The lowest BCUT2D eigenvalue weighted by atomic mass is 9.71. The maximum absolute atomic E-state index is 14.0. The quantitative estimate of drug-likeness (QED) is 0.371. The first-order valence-electron chi connectivity index (χ1n) is 13.8. The SMILES string of the molecule is COc1ccc([C@H]2CC(=O)C3=C(C2)NC(C)=C(C(=O)Nc2ccccc2C)[C@@H]3c2ccc(N(C)C)cc2)cc1OC. The van der Waals surface area contributed by atoms with Crippen LogP contribution in [0.5, 0.6) is 11.5 Å². The molecule has 1 amide bonds. The van der Waals surface area contributed by atoms with Gasteiger partial charge in [-0.05, 0) is 73.2 Å². The van der Waals surface area contributed by atoms with Crippen LogP contribution in [-0.2, 0) is 9.59 Å². The molecule has 0 unspecified atom stereocenters. The maximum Gasteiger partial charge on any atom is 0.254 e. The fraction of sp³-hybridized carbons (Fsp3) is 0.294. The molecule has 3 aromatic rings. The second-order valence-corrected chi connectivity index (χ2v) is 10.9. The number of hydrogen-bond donors (Lipinski definition) is 2. The minimum absolute atomic E-state index is 0.0273. The van der Waals surface area contributed by atoms with Crippen molar-refractivity contribution in [2.45, 2.75) is 38.5 Å². The van der Waals surface area contributed by atoms with E-state index >= 15 is 0 Å². The number of rotatable bonds is 7. The molecule has 0 saturated carbocycles. The maximum atomic E-state index is 14.0. The number of hydrogen-bond acceptors (Lipinski definition) is 6. The number of dihydropyridines is 1. The van der Waals surface area contributed by atoms with Crippen LogP contribution < -0.4 is 25.0 Å². The second kappa shape index (κ2) is 11.5. The highest BCUT2D eigenvalue weighted by atomic mass is 16.5. The molecule has 2 N–H and O–H groups in total. The Labute approximate surface area is 241 Å². The zero-order valence-corrected chi connectivity index (χ0v) is 24.5. The minimum atomic E-state index is -0.481. The molecule has 1 aliphatic carbocycles. The van der Waals surface area contributed by atoms with E-state index in [0.717, 1.165) is 39.5 Å². The van der Waals surface area contributed by atoms with Gasteiger partial charge in [0.2, 0.25) is 0 Å². The molecule has 2 atom stereocenters. The van der Waals surface area contributed by atoms with E-state index < -0.39 is 5.92 Å². The molecular formula is C34H37N3O4. The van der Waals surface area contributed by atoms with Crippen molar-refractivity contribution in [2.75, 3.05) is 38.5 Å². The summed E-state index contributed by atoms with van der Waals surface area (Å²) in [5.41, 5.74) is 7.54. The number of nitrogens with one attached hydrogen (secondary N) is 2. The van der Waals surface area contributed by atoms with Crippen molar-refractivity contribution in [3.8, 4) is 11.5 Å². The van der Waals surface area contributed by atoms with Crippen LogP contribution in [0.2, 0.25) is 0 Å². The Morgan fingerprint density at radius 3 is 2.24 bits per heavy atom. The van der Waals surface area contributed by atoms with Crippen molar-refractivity contribution in [3.05, 3.63) is 106 Å². The number of ether oxygens (including phenoxy) is 2. The van der Waals surface area contributed by atoms with Gasteiger partial charge in [0, 0.05) is 60.3 Å². The van der Waals surface area contributed by atoms with Gasteiger partial charge in [0.1, 0.15) is 0 Å². The van der Waals surface area contributed by atoms with E-state index in [0.29, 0.717) is 35.5 Å². The third-order valence-electron chi connectivity index (χ3n) is 8.09. The highest BCUT2D eigenvalue weighted by Crippen LogP contribution is 2.46. The first kappa shape index (κ1) is 28.0. The van der Waals surface area contributed by atoms with Gasteiger partial charge in [-0.3, -0.25) is 9.59 Å². The number of Topliss-reactive ketones (excluding diaryl/α,β-unsaturated/α-hetero) is 1. The first-order valence-corrected chi connectivity index (χ1v) is 13.8. The smallest absolute Gasteiger partial charge is 0.254 e. The Morgan fingerprint density at radius 1 is 0.902 bits per heavy atom. The lowest BCUT2D eigenvalue weighted by molar-refractivity contribution is -0.116. The average Bonchev–Trinajstić information content (AvgIpc) is 2.97. The van der Waals surface area contributed by atoms with Gasteiger partial charge >= 0.3 is 0 Å². The summed E-state index contributed by atoms with van der Waals surface area (Å²) in [6, 6.07) is 21.6. The standard InChI is InChI=1S/C34H37N3O4/c1-20-9-7-8-10-26(20)36-34(39)31-21(2)35-27-17-24(23-13-16-29(40-5)30(19-23)41-6)18-28(38)33(27)32(31)22-11-14-25(15-12-22)37(3)4/h7-16,19,24,32,35H,17-18H2,1-6H3,(H,36,39)/t24-,32+/m1/s1. The normalized spacial score (nSPS) is 18.4. The first-order chi connectivity index (χ1) is 19.7. The Morgan fingerprint density at radius 2 is 1.59 bits per heavy atom. The van der Waals surface area contributed by atoms with Crippen molar-refractivity contribution in [1.29, 1.82) is 0 Å². The van der Waals surface area contributed by atoms with Crippen LogP contribution in [-0.4, -0.2) is 40.0 Å². The number of anilines is 2. The van der Waals surface area contributed by atoms with E-state index in [1.54, 1.807) is 14.2 Å². The summed E-state index contributed by atoms with van der Waals surface area (Å²) < 4.78 is 10.9. The van der Waals surface area contributed by atoms with Gasteiger partial charge in [0.05, 0.1) is 14.2 Å². The summed E-state index contributed by atoms with van der Waals surface area (Å²) in [5.74, 6) is 0.601. The number of nitrogens with zero attached hydrogens (tertiary/aromatic N) is 1. The molecule has 41 heavy (non-hydrogen) atoms. The van der Waals surface area contributed by atoms with Gasteiger partial charge in [-0.15, -0.1) is 0 Å². The van der Waals surface area contributed by atoms with E-state index in [2.05, 4.69) is 10.6 Å². The van der Waals surface area contributed by atoms with E-state index in [1.807, 2.05) is 99.6 Å². The molecule has 3 aromatic carbocycles. The van der Waals surface area contributed by atoms with Crippen LogP contribution >= 0.6 is 0 Å². The molecule has 5 rings (SSSR count). The lowest BCUT2D eigenvalue weighted by Gasteiger charge is -2.37. The molecule has 7 heteroatoms. The summed E-state index contributed by atoms with van der Waals surface area (Å²) in [6.07, 6.45) is 0.987. The summed E-state index contributed by atoms with van der Waals surface area (Å²) in [4.78, 5) is 30.0. The third kappa shape index (κ3) is 5.44. The summed E-state index contributed by atoms with van der Waals surface area (Å²) in [7, 11) is 7.20. The zero-order chi connectivity index (χ0) is 29.3. The molecule has 0 spiro atoms. The van der Waals surface area contributed by atoms with E-state index in [1.165, 1.54) is 0 Å². The molecular weight excluding hydrogens is 514 g/mol. The van der Waals surface area contributed by atoms with Gasteiger partial charge in [-0.2, -0.15) is 0 Å². The predicted octanol–water partition coefficient (Wildman–Crippen LogP) is 6.08. The molecule has 2 aliphatic rings. The topological polar surface area (TPSA) is 79.9 Å². The van der Waals surface area contributed by atoms with Crippen LogP contribution in [0, 0.1) is 6.92 Å². The Balaban J connectivity index is 1.56. The largest absolute Gasteiger partial charge is 0.493 e. The Hall–Kier alpha value is -4.52. The van der Waals surface area contributed by atoms with Gasteiger partial charge in [0.25, 0.3) is 5.91 Å². The highest BCUT2D eigenvalue weighted by Gasteiger charge is 2.41. The number of allylic oxidation sites excluding steroid dienone is 3. The van der Waals surface area contributed by atoms with E-state index in [9.17, 15) is 9.59 Å². The van der Waals surface area contributed by atoms with Gasteiger partial charge < -0.3 is 25.0 Å². The fourth-order valence-corrected chi connectivity index (χ4v) is 5.88. The number of aryl methyl sites for hydroxylation is 1. The van der Waals surface area contributed by atoms with Crippen LogP contribution in [0.25, 0.3) is 0 Å². The van der Waals surface area contributed by atoms with Gasteiger partial charge in [0.15, 0.2) is 17.3 Å². The van der Waals surface area contributed by atoms with E-state index in [-0.39, 0.29) is 17.6 Å². The molecule has 1 heterocycles. The number of methoxy groups -OCH3 is 2. The van der Waals surface area contributed by atoms with Crippen LogP contribution in [0.15, 0.2) is 89.3 Å². The molecule has 0 saturated heterocycles. The molecule has 0 radical (unpaired) electrons. The predicted molar refractivity (Wildman–Crippen MR) is 163 cm³/mol. The number of carbonyl (C=O) groups is 2. The van der Waals surface area contributed by atoms with E-state index in [4.69, 9.17) is 9.47 Å². The van der Waals surface area contributed by atoms with Crippen LogP contribution in [0.4, 0.5) is 11.4 Å². The van der Waals surface area contributed by atoms with Crippen molar-refractivity contribution in [1.82, 2.24) is 5.32 Å². The van der Waals surface area contributed by atoms with Crippen molar-refractivity contribution in [2.24, 2.45) is 0 Å². The molecule has 0 bridgehead atoms. The molecule has 0 fully saturated rings. The molecule has 212 valence electrons. The van der Waals surface area contributed by atoms with Crippen LogP contribution in [0.1, 0.15) is 48.3 Å². The van der Waals surface area contributed by atoms with Gasteiger partial charge in [-0.25, -0.2) is 0 Å². The Kier molecular flexibility index (Phi) is 7.88. The Bertz CT molecular complexity index is 1550. The number of carbonyl (C=O) groups excluding carboxylic acids is 2. The molecule has 7 nitrogen and oxygen atoms in total. The summed E-state index contributed by atoms with van der Waals surface area (Å²) in [5, 5.41) is 6.58. The fourth-order valence-electron chi connectivity index (χ4n) is 5.88. The van der Waals surface area contributed by atoms with Crippen molar-refractivity contribution in [3.63, 3.8) is 0 Å². The monoisotopic (exact) mass is 551 g/mol. The number of benzene rings is 3. The molecule has 0 aromatic heterocycles. The van der Waals surface area contributed by atoms with Gasteiger partial charge in [-0.1, -0.05) is 36.4 Å². The second-order valence-electron chi connectivity index (χ2n) is 10.9. The van der Waals surface area contributed by atoms with Crippen LogP contribution in [0.3, 0.4) is 0 Å². The van der Waals surface area contributed by atoms with Crippen molar-refractivity contribution < 1.29 is 19.1 Å². The summed E-state index contributed by atoms with van der Waals surface area (Å²) in [6.45, 7) is 3.88. The highest BCUT2D eigenvalue weighted by molar-refractivity contribution is 6.10. The minimum Gasteiger partial charge on any atom is -0.493 e.